The second-order valence-electron chi connectivity index (χ2n) is 5.04. The standard InChI is InChI=1S/C16H20O2/c1-12(2)18-15-8-5-6-13(11-15)10-14-7-3-4-9-16(14)17/h5-6,8,10-12H,3-4,7,9H2,1-2H3/b14-10+. The number of ketones is 1. The van der Waals surface area contributed by atoms with E-state index in [9.17, 15) is 4.79 Å². The number of benzene rings is 1. The molecule has 0 spiro atoms. The van der Waals surface area contributed by atoms with Gasteiger partial charge in [-0.2, -0.15) is 0 Å². The summed E-state index contributed by atoms with van der Waals surface area (Å²) in [5, 5.41) is 0. The third-order valence-electron chi connectivity index (χ3n) is 3.03. The van der Waals surface area contributed by atoms with Gasteiger partial charge in [-0.15, -0.1) is 0 Å². The van der Waals surface area contributed by atoms with Crippen molar-refractivity contribution >= 4 is 11.9 Å². The van der Waals surface area contributed by atoms with Gasteiger partial charge in [-0.05, 0) is 62.5 Å². The molecule has 1 aromatic rings. The van der Waals surface area contributed by atoms with Crippen LogP contribution in [0.25, 0.3) is 6.08 Å². The summed E-state index contributed by atoms with van der Waals surface area (Å²) in [4.78, 5) is 11.8. The van der Waals surface area contributed by atoms with E-state index in [1.807, 2.05) is 44.2 Å². The van der Waals surface area contributed by atoms with Crippen molar-refractivity contribution in [2.24, 2.45) is 0 Å². The van der Waals surface area contributed by atoms with Crippen LogP contribution in [0.2, 0.25) is 0 Å². The summed E-state index contributed by atoms with van der Waals surface area (Å²) in [5.74, 6) is 1.17. The van der Waals surface area contributed by atoms with E-state index in [2.05, 4.69) is 0 Å². The zero-order valence-electron chi connectivity index (χ0n) is 11.1. The normalized spacial score (nSPS) is 18.4. The number of hydrogen-bond acceptors (Lipinski definition) is 2. The summed E-state index contributed by atoms with van der Waals surface area (Å²) >= 11 is 0. The van der Waals surface area contributed by atoms with E-state index < -0.39 is 0 Å². The van der Waals surface area contributed by atoms with Gasteiger partial charge in [0.2, 0.25) is 0 Å². The fourth-order valence-corrected chi connectivity index (χ4v) is 2.20. The lowest BCUT2D eigenvalue weighted by Gasteiger charge is -2.13. The zero-order chi connectivity index (χ0) is 13.0. The molecule has 1 saturated carbocycles. The van der Waals surface area contributed by atoms with Crippen LogP contribution in [0.5, 0.6) is 5.75 Å². The van der Waals surface area contributed by atoms with E-state index in [1.54, 1.807) is 0 Å². The Morgan fingerprint density at radius 3 is 2.72 bits per heavy atom. The third kappa shape index (κ3) is 3.46. The van der Waals surface area contributed by atoms with Crippen LogP contribution in [-0.2, 0) is 4.79 Å². The predicted octanol–water partition coefficient (Wildman–Crippen LogP) is 4.00. The summed E-state index contributed by atoms with van der Waals surface area (Å²) in [6.45, 7) is 4.02. The number of rotatable bonds is 3. The van der Waals surface area contributed by atoms with Crippen molar-refractivity contribution in [1.82, 2.24) is 0 Å². The second kappa shape index (κ2) is 5.85. The first-order valence-electron chi connectivity index (χ1n) is 6.65. The molecule has 1 aliphatic carbocycles. The van der Waals surface area contributed by atoms with Gasteiger partial charge >= 0.3 is 0 Å². The lowest BCUT2D eigenvalue weighted by atomic mass is 9.92. The highest BCUT2D eigenvalue weighted by Gasteiger charge is 2.14. The Morgan fingerprint density at radius 1 is 1.22 bits per heavy atom. The van der Waals surface area contributed by atoms with Crippen molar-refractivity contribution in [2.75, 3.05) is 0 Å². The zero-order valence-corrected chi connectivity index (χ0v) is 11.1. The second-order valence-corrected chi connectivity index (χ2v) is 5.04. The summed E-state index contributed by atoms with van der Waals surface area (Å²) in [5.41, 5.74) is 2.02. The molecule has 18 heavy (non-hydrogen) atoms. The van der Waals surface area contributed by atoms with Gasteiger partial charge in [0.25, 0.3) is 0 Å². The van der Waals surface area contributed by atoms with E-state index in [4.69, 9.17) is 4.74 Å². The Morgan fingerprint density at radius 2 is 2.00 bits per heavy atom. The largest absolute Gasteiger partial charge is 0.491 e. The molecule has 2 rings (SSSR count). The Balaban J connectivity index is 2.17. The minimum absolute atomic E-state index is 0.171. The van der Waals surface area contributed by atoms with Gasteiger partial charge < -0.3 is 4.74 Å². The highest BCUT2D eigenvalue weighted by atomic mass is 16.5. The molecular formula is C16H20O2. The van der Waals surface area contributed by atoms with E-state index in [0.29, 0.717) is 12.2 Å². The van der Waals surface area contributed by atoms with Crippen LogP contribution in [0.3, 0.4) is 0 Å². The molecule has 2 heteroatoms. The van der Waals surface area contributed by atoms with E-state index in [-0.39, 0.29) is 6.10 Å². The third-order valence-corrected chi connectivity index (χ3v) is 3.03. The van der Waals surface area contributed by atoms with Crippen LogP contribution in [-0.4, -0.2) is 11.9 Å². The van der Waals surface area contributed by atoms with Gasteiger partial charge in [0.05, 0.1) is 6.10 Å². The van der Waals surface area contributed by atoms with E-state index >= 15 is 0 Å². The first-order valence-corrected chi connectivity index (χ1v) is 6.65. The molecule has 0 amide bonds. The molecule has 0 radical (unpaired) electrons. The molecule has 0 atom stereocenters. The number of carbonyl (C=O) groups excluding carboxylic acids is 1. The summed E-state index contributed by atoms with van der Waals surface area (Å²) in [6, 6.07) is 7.93. The summed E-state index contributed by atoms with van der Waals surface area (Å²) < 4.78 is 5.66. The quantitative estimate of drug-likeness (QED) is 0.751. The van der Waals surface area contributed by atoms with Gasteiger partial charge in [0.1, 0.15) is 5.75 Å². The predicted molar refractivity (Wildman–Crippen MR) is 73.7 cm³/mol. The van der Waals surface area contributed by atoms with Crippen molar-refractivity contribution in [2.45, 2.75) is 45.6 Å². The van der Waals surface area contributed by atoms with Crippen molar-refractivity contribution in [1.29, 1.82) is 0 Å². The van der Waals surface area contributed by atoms with Gasteiger partial charge in [-0.3, -0.25) is 4.79 Å². The summed E-state index contributed by atoms with van der Waals surface area (Å²) in [7, 11) is 0. The van der Waals surface area contributed by atoms with Crippen LogP contribution in [0.4, 0.5) is 0 Å². The minimum atomic E-state index is 0.171. The van der Waals surface area contributed by atoms with Crippen LogP contribution >= 0.6 is 0 Å². The molecule has 1 aromatic carbocycles. The number of hydrogen-bond donors (Lipinski definition) is 0. The molecule has 1 aliphatic rings. The number of ether oxygens (including phenoxy) is 1. The maximum Gasteiger partial charge on any atom is 0.158 e. The SMILES string of the molecule is CC(C)Oc1cccc(/C=C2\CCCCC2=O)c1. The number of Topliss-reactive ketones (excluding diaryl/α,β-unsaturated/α-hetero) is 1. The van der Waals surface area contributed by atoms with Crippen molar-refractivity contribution < 1.29 is 9.53 Å². The Hall–Kier alpha value is -1.57. The molecule has 0 bridgehead atoms. The maximum atomic E-state index is 11.8. The molecule has 0 aromatic heterocycles. The van der Waals surface area contributed by atoms with Crippen LogP contribution < -0.4 is 4.74 Å². The highest BCUT2D eigenvalue weighted by molar-refractivity contribution is 6.00. The average molecular weight is 244 g/mol. The molecule has 1 fully saturated rings. The van der Waals surface area contributed by atoms with Crippen LogP contribution in [0.15, 0.2) is 29.8 Å². The first-order chi connectivity index (χ1) is 8.65. The molecular weight excluding hydrogens is 224 g/mol. The maximum absolute atomic E-state index is 11.8. The molecule has 0 saturated heterocycles. The lowest BCUT2D eigenvalue weighted by molar-refractivity contribution is -0.116. The number of allylic oxidation sites excluding steroid dienone is 1. The average Bonchev–Trinajstić information content (AvgIpc) is 2.32. The van der Waals surface area contributed by atoms with E-state index in [0.717, 1.165) is 36.1 Å². The lowest BCUT2D eigenvalue weighted by Crippen LogP contribution is -2.08. The van der Waals surface area contributed by atoms with Crippen molar-refractivity contribution in [3.05, 3.63) is 35.4 Å². The van der Waals surface area contributed by atoms with Crippen molar-refractivity contribution in [3.8, 4) is 5.75 Å². The molecule has 0 aliphatic heterocycles. The molecule has 2 nitrogen and oxygen atoms in total. The van der Waals surface area contributed by atoms with Gasteiger partial charge in [0, 0.05) is 6.42 Å². The molecule has 0 N–H and O–H groups in total. The van der Waals surface area contributed by atoms with Gasteiger partial charge in [-0.1, -0.05) is 12.1 Å². The Labute approximate surface area is 109 Å². The molecule has 0 unspecified atom stereocenters. The Kier molecular flexibility index (Phi) is 4.19. The van der Waals surface area contributed by atoms with Gasteiger partial charge in [0.15, 0.2) is 5.78 Å². The topological polar surface area (TPSA) is 26.3 Å². The first kappa shape index (κ1) is 12.9. The smallest absolute Gasteiger partial charge is 0.158 e. The van der Waals surface area contributed by atoms with E-state index in [1.165, 1.54) is 0 Å². The molecule has 96 valence electrons. The van der Waals surface area contributed by atoms with Gasteiger partial charge in [-0.25, -0.2) is 0 Å². The Bertz CT molecular complexity index is 458. The number of carbonyl (C=O) groups is 1. The minimum Gasteiger partial charge on any atom is -0.491 e. The highest BCUT2D eigenvalue weighted by Crippen LogP contribution is 2.23. The van der Waals surface area contributed by atoms with Crippen LogP contribution in [0, 0.1) is 0 Å². The fraction of sp³-hybridized carbons (Fsp3) is 0.438. The molecule has 0 heterocycles. The van der Waals surface area contributed by atoms with Crippen molar-refractivity contribution in [3.63, 3.8) is 0 Å². The summed E-state index contributed by atoms with van der Waals surface area (Å²) in [6.07, 6.45) is 5.95. The fourth-order valence-electron chi connectivity index (χ4n) is 2.20. The van der Waals surface area contributed by atoms with Crippen LogP contribution in [0.1, 0.15) is 45.1 Å². The monoisotopic (exact) mass is 244 g/mol.